The molecule has 2 nitrogen and oxygen atoms in total. The molecule has 80 valence electrons. The van der Waals surface area contributed by atoms with Crippen LogP contribution in [0.25, 0.3) is 0 Å². The first-order valence-corrected chi connectivity index (χ1v) is 5.40. The van der Waals surface area contributed by atoms with E-state index in [1.165, 1.54) is 5.56 Å². The Bertz CT molecular complexity index is 356. The number of hydrogen-bond acceptors (Lipinski definition) is 2. The fourth-order valence-electron chi connectivity index (χ4n) is 1.66. The first-order chi connectivity index (χ1) is 7.40. The second-order valence-corrected chi connectivity index (χ2v) is 3.59. The van der Waals surface area contributed by atoms with Gasteiger partial charge in [-0.3, -0.25) is 0 Å². The molecule has 0 bridgehead atoms. The van der Waals surface area contributed by atoms with Crippen molar-refractivity contribution in [2.75, 3.05) is 13.2 Å². The third-order valence-electron chi connectivity index (χ3n) is 2.44. The maximum Gasteiger partial charge on any atom is 0.161 e. The molecule has 0 spiro atoms. The largest absolute Gasteiger partial charge is 0.486 e. The van der Waals surface area contributed by atoms with E-state index in [4.69, 9.17) is 9.47 Å². The topological polar surface area (TPSA) is 18.5 Å². The third kappa shape index (κ3) is 2.52. The summed E-state index contributed by atoms with van der Waals surface area (Å²) in [6, 6.07) is 6.19. The highest BCUT2D eigenvalue weighted by molar-refractivity contribution is 5.43. The minimum absolute atomic E-state index is 0.658. The fourth-order valence-corrected chi connectivity index (χ4v) is 1.66. The van der Waals surface area contributed by atoms with E-state index in [1.807, 2.05) is 13.0 Å². The molecule has 0 saturated heterocycles. The van der Waals surface area contributed by atoms with Gasteiger partial charge < -0.3 is 9.47 Å². The summed E-state index contributed by atoms with van der Waals surface area (Å²) in [5.74, 6) is 1.76. The second kappa shape index (κ2) is 4.87. The van der Waals surface area contributed by atoms with Crippen molar-refractivity contribution in [1.29, 1.82) is 0 Å². The predicted octanol–water partition coefficient (Wildman–Crippen LogP) is 2.97. The Morgan fingerprint density at radius 1 is 1.20 bits per heavy atom. The smallest absolute Gasteiger partial charge is 0.161 e. The van der Waals surface area contributed by atoms with Gasteiger partial charge in [-0.05, 0) is 37.5 Å². The molecule has 0 amide bonds. The number of aryl methyl sites for hydroxylation is 1. The molecule has 1 aliphatic heterocycles. The summed E-state index contributed by atoms with van der Waals surface area (Å²) in [5, 5.41) is 0. The fraction of sp³-hybridized carbons (Fsp3) is 0.385. The van der Waals surface area contributed by atoms with Crippen LogP contribution in [-0.4, -0.2) is 13.2 Å². The molecule has 1 aliphatic rings. The quantitative estimate of drug-likeness (QED) is 0.705. The lowest BCUT2D eigenvalue weighted by atomic mass is 10.1. The van der Waals surface area contributed by atoms with E-state index in [-0.39, 0.29) is 0 Å². The Labute approximate surface area is 90.5 Å². The summed E-state index contributed by atoms with van der Waals surface area (Å²) >= 11 is 0. The van der Waals surface area contributed by atoms with Crippen LogP contribution in [-0.2, 0) is 6.42 Å². The summed E-state index contributed by atoms with van der Waals surface area (Å²) in [5.41, 5.74) is 1.30. The third-order valence-corrected chi connectivity index (χ3v) is 2.44. The first kappa shape index (κ1) is 10.1. The second-order valence-electron chi connectivity index (χ2n) is 3.59. The normalized spacial score (nSPS) is 14.5. The average Bonchev–Trinajstić information content (AvgIpc) is 2.29. The molecule has 0 atom stereocenters. The highest BCUT2D eigenvalue weighted by Gasteiger charge is 2.10. The van der Waals surface area contributed by atoms with Crippen molar-refractivity contribution in [3.8, 4) is 11.5 Å². The summed E-state index contributed by atoms with van der Waals surface area (Å²) < 4.78 is 11.0. The van der Waals surface area contributed by atoms with E-state index in [1.54, 1.807) is 0 Å². The molecule has 0 radical (unpaired) electrons. The van der Waals surface area contributed by atoms with E-state index in [0.717, 1.165) is 24.3 Å². The zero-order chi connectivity index (χ0) is 10.5. The van der Waals surface area contributed by atoms with Crippen molar-refractivity contribution in [2.45, 2.75) is 19.8 Å². The molecular weight excluding hydrogens is 188 g/mol. The number of ether oxygens (including phenoxy) is 2. The van der Waals surface area contributed by atoms with Gasteiger partial charge in [0.25, 0.3) is 0 Å². The molecule has 1 aromatic rings. The molecule has 0 unspecified atom stereocenters. The standard InChI is InChI=1S/C13H16O2/c1-2-3-4-5-11-6-7-12-13(10-11)15-9-8-14-12/h2-3,6-7,10H,4-5,8-9H2,1H3/b3-2-. The minimum Gasteiger partial charge on any atom is -0.486 e. The number of benzene rings is 1. The van der Waals surface area contributed by atoms with Crippen LogP contribution in [0.5, 0.6) is 11.5 Å². The van der Waals surface area contributed by atoms with Crippen LogP contribution in [0.4, 0.5) is 0 Å². The van der Waals surface area contributed by atoms with Crippen LogP contribution in [0.1, 0.15) is 18.9 Å². The molecule has 0 aromatic heterocycles. The number of fused-ring (bicyclic) bond motifs is 1. The number of hydrogen-bond donors (Lipinski definition) is 0. The van der Waals surface area contributed by atoms with Gasteiger partial charge in [0, 0.05) is 0 Å². The van der Waals surface area contributed by atoms with Gasteiger partial charge >= 0.3 is 0 Å². The molecule has 15 heavy (non-hydrogen) atoms. The van der Waals surface area contributed by atoms with Crippen molar-refractivity contribution in [3.05, 3.63) is 35.9 Å². The van der Waals surface area contributed by atoms with E-state index in [2.05, 4.69) is 24.3 Å². The number of rotatable bonds is 3. The summed E-state index contributed by atoms with van der Waals surface area (Å²) in [7, 11) is 0. The van der Waals surface area contributed by atoms with Crippen molar-refractivity contribution in [1.82, 2.24) is 0 Å². The molecule has 2 rings (SSSR count). The van der Waals surface area contributed by atoms with Gasteiger partial charge in [-0.2, -0.15) is 0 Å². The summed E-state index contributed by atoms with van der Waals surface area (Å²) in [6.07, 6.45) is 6.39. The number of allylic oxidation sites excluding steroid dienone is 2. The molecule has 2 heteroatoms. The maximum atomic E-state index is 5.53. The van der Waals surface area contributed by atoms with Gasteiger partial charge in [-0.25, -0.2) is 0 Å². The van der Waals surface area contributed by atoms with Gasteiger partial charge in [0.15, 0.2) is 11.5 Å². The average molecular weight is 204 g/mol. The molecule has 0 fully saturated rings. The monoisotopic (exact) mass is 204 g/mol. The zero-order valence-electron chi connectivity index (χ0n) is 9.03. The summed E-state index contributed by atoms with van der Waals surface area (Å²) in [4.78, 5) is 0. The van der Waals surface area contributed by atoms with Crippen molar-refractivity contribution in [3.63, 3.8) is 0 Å². The molecule has 1 aromatic carbocycles. The molecule has 0 saturated carbocycles. The van der Waals surface area contributed by atoms with Gasteiger partial charge in [0.1, 0.15) is 13.2 Å². The SMILES string of the molecule is C/C=C\CCc1ccc2c(c1)OCCO2. The van der Waals surface area contributed by atoms with E-state index < -0.39 is 0 Å². The zero-order valence-corrected chi connectivity index (χ0v) is 9.03. The lowest BCUT2D eigenvalue weighted by molar-refractivity contribution is 0.171. The van der Waals surface area contributed by atoms with E-state index in [0.29, 0.717) is 13.2 Å². The van der Waals surface area contributed by atoms with Gasteiger partial charge in [0.2, 0.25) is 0 Å². The van der Waals surface area contributed by atoms with Crippen molar-refractivity contribution >= 4 is 0 Å². The first-order valence-electron chi connectivity index (χ1n) is 5.40. The van der Waals surface area contributed by atoms with Crippen LogP contribution in [0.15, 0.2) is 30.4 Å². The maximum absolute atomic E-state index is 5.53. The Morgan fingerprint density at radius 3 is 2.80 bits per heavy atom. The lowest BCUT2D eigenvalue weighted by Gasteiger charge is -2.18. The van der Waals surface area contributed by atoms with Gasteiger partial charge in [-0.15, -0.1) is 0 Å². The van der Waals surface area contributed by atoms with E-state index >= 15 is 0 Å². The Balaban J connectivity index is 2.06. The lowest BCUT2D eigenvalue weighted by Crippen LogP contribution is -2.15. The molecule has 1 heterocycles. The molecule has 0 N–H and O–H groups in total. The van der Waals surface area contributed by atoms with Crippen molar-refractivity contribution < 1.29 is 9.47 Å². The highest BCUT2D eigenvalue weighted by Crippen LogP contribution is 2.30. The van der Waals surface area contributed by atoms with E-state index in [9.17, 15) is 0 Å². The van der Waals surface area contributed by atoms with Gasteiger partial charge in [0.05, 0.1) is 0 Å². The summed E-state index contributed by atoms with van der Waals surface area (Å²) in [6.45, 7) is 3.36. The van der Waals surface area contributed by atoms with Gasteiger partial charge in [-0.1, -0.05) is 18.2 Å². The molecular formula is C13H16O2. The highest BCUT2D eigenvalue weighted by atomic mass is 16.6. The van der Waals surface area contributed by atoms with Crippen LogP contribution in [0, 0.1) is 0 Å². The molecule has 0 aliphatic carbocycles. The van der Waals surface area contributed by atoms with Crippen LogP contribution in [0.3, 0.4) is 0 Å². The minimum atomic E-state index is 0.658. The van der Waals surface area contributed by atoms with Crippen LogP contribution < -0.4 is 9.47 Å². The van der Waals surface area contributed by atoms with Crippen LogP contribution >= 0.6 is 0 Å². The Morgan fingerprint density at radius 2 is 2.00 bits per heavy atom. The Hall–Kier alpha value is -1.44. The van der Waals surface area contributed by atoms with Crippen LogP contribution in [0.2, 0.25) is 0 Å². The predicted molar refractivity (Wildman–Crippen MR) is 60.6 cm³/mol. The van der Waals surface area contributed by atoms with Crippen molar-refractivity contribution in [2.24, 2.45) is 0 Å². The Kier molecular flexibility index (Phi) is 3.28.